The molecule has 11 nitrogen and oxygen atoms in total. The van der Waals surface area contributed by atoms with E-state index in [1.54, 1.807) is 24.9 Å². The molecule has 1 atom stereocenters. The predicted octanol–water partition coefficient (Wildman–Crippen LogP) is 6.53. The van der Waals surface area contributed by atoms with E-state index in [1.807, 2.05) is 4.57 Å². The van der Waals surface area contributed by atoms with Crippen molar-refractivity contribution < 1.29 is 27.5 Å². The van der Waals surface area contributed by atoms with Crippen molar-refractivity contribution in [3.63, 3.8) is 0 Å². The van der Waals surface area contributed by atoms with Gasteiger partial charge in [0.15, 0.2) is 5.65 Å². The molecule has 0 radical (unpaired) electrons. The van der Waals surface area contributed by atoms with Crippen LogP contribution in [0.25, 0.3) is 11.2 Å². The highest BCUT2D eigenvalue weighted by atomic mass is 35.5. The van der Waals surface area contributed by atoms with Crippen LogP contribution in [-0.2, 0) is 15.7 Å². The zero-order valence-electron chi connectivity index (χ0n) is 24.1. The van der Waals surface area contributed by atoms with Crippen molar-refractivity contribution in [3.8, 4) is 0 Å². The highest BCUT2D eigenvalue weighted by Crippen LogP contribution is 2.42. The maximum absolute atomic E-state index is 13.3. The Balaban J connectivity index is 1.46. The summed E-state index contributed by atoms with van der Waals surface area (Å²) in [5.41, 5.74) is 5.54. The molecule has 4 N–H and O–H groups in total. The fourth-order valence-corrected chi connectivity index (χ4v) is 6.28. The number of anilines is 3. The van der Waals surface area contributed by atoms with Crippen LogP contribution in [-0.4, -0.2) is 61.7 Å². The average Bonchev–Trinajstić information content (AvgIpc) is 3.31. The number of aromatic nitrogens is 4. The zero-order valence-corrected chi connectivity index (χ0v) is 25.6. The van der Waals surface area contributed by atoms with Crippen LogP contribution in [0, 0.1) is 5.92 Å². The lowest BCUT2D eigenvalue weighted by molar-refractivity contribution is -0.137. The van der Waals surface area contributed by atoms with Gasteiger partial charge in [-0.05, 0) is 64.5 Å². The number of piperidine rings is 1. The summed E-state index contributed by atoms with van der Waals surface area (Å²) in [5.74, 6) is -0.0172. The monoisotopic (exact) mass is 656 g/mol. The molecule has 2 amide bonds. The first-order valence-electron chi connectivity index (χ1n) is 14.4. The van der Waals surface area contributed by atoms with Crippen LogP contribution >= 0.6 is 23.2 Å². The SMILES string of the molecule is CC(C)OC(=O)N1CCC[C@@H](Nc2ncc3nc(Nc4c(Cl)cc(C(F)(F)F)cc4Cl)n(C4CCC(C(N)=O)CC4)c3n2)C1. The van der Waals surface area contributed by atoms with Crippen molar-refractivity contribution >= 4 is 64.0 Å². The number of nitrogens with two attached hydrogens (primary N) is 1. The summed E-state index contributed by atoms with van der Waals surface area (Å²) in [6.07, 6.45) is 0.181. The third kappa shape index (κ3) is 7.06. The minimum absolute atomic E-state index is 0.0607. The molecule has 1 aliphatic heterocycles. The summed E-state index contributed by atoms with van der Waals surface area (Å²) >= 11 is 12.5. The lowest BCUT2D eigenvalue weighted by Crippen LogP contribution is -2.46. The van der Waals surface area contributed by atoms with Crippen molar-refractivity contribution in [2.45, 2.75) is 76.7 Å². The molecule has 1 aromatic carbocycles. The largest absolute Gasteiger partial charge is 0.447 e. The van der Waals surface area contributed by atoms with Crippen molar-refractivity contribution in [2.24, 2.45) is 11.7 Å². The Morgan fingerprint density at radius 1 is 1.09 bits per heavy atom. The lowest BCUT2D eigenvalue weighted by Gasteiger charge is -2.33. The van der Waals surface area contributed by atoms with E-state index in [1.165, 1.54) is 0 Å². The first-order chi connectivity index (χ1) is 20.8. The molecular formula is C28H33Cl2F3N8O3. The number of amides is 2. The molecule has 5 rings (SSSR count). The Morgan fingerprint density at radius 3 is 2.39 bits per heavy atom. The minimum atomic E-state index is -4.62. The number of imidazole rings is 1. The first-order valence-corrected chi connectivity index (χ1v) is 15.2. The molecular weight excluding hydrogens is 624 g/mol. The Bertz CT molecular complexity index is 1520. The average molecular weight is 658 g/mol. The number of benzene rings is 1. The normalized spacial score (nSPS) is 21.0. The third-order valence-electron chi connectivity index (χ3n) is 7.85. The maximum Gasteiger partial charge on any atom is 0.416 e. The number of hydrogen-bond donors (Lipinski definition) is 3. The molecule has 2 aliphatic rings. The van der Waals surface area contributed by atoms with Crippen LogP contribution < -0.4 is 16.4 Å². The third-order valence-corrected chi connectivity index (χ3v) is 8.45. The van der Waals surface area contributed by atoms with Gasteiger partial charge in [0.1, 0.15) is 5.52 Å². The highest BCUT2D eigenvalue weighted by Gasteiger charge is 2.33. The van der Waals surface area contributed by atoms with Crippen molar-refractivity contribution in [2.75, 3.05) is 23.7 Å². The lowest BCUT2D eigenvalue weighted by atomic mass is 9.85. The van der Waals surface area contributed by atoms with E-state index in [9.17, 15) is 22.8 Å². The van der Waals surface area contributed by atoms with Gasteiger partial charge in [-0.25, -0.2) is 14.8 Å². The van der Waals surface area contributed by atoms with E-state index in [0.717, 1.165) is 25.0 Å². The van der Waals surface area contributed by atoms with Crippen LogP contribution in [0.4, 0.5) is 35.5 Å². The second kappa shape index (κ2) is 12.8. The highest BCUT2D eigenvalue weighted by molar-refractivity contribution is 6.39. The number of halogens is 5. The van der Waals surface area contributed by atoms with E-state index >= 15 is 0 Å². The fourth-order valence-electron chi connectivity index (χ4n) is 5.70. The van der Waals surface area contributed by atoms with Gasteiger partial charge in [-0.3, -0.25) is 9.36 Å². The van der Waals surface area contributed by atoms with E-state index in [-0.39, 0.29) is 57.8 Å². The molecule has 1 aliphatic carbocycles. The van der Waals surface area contributed by atoms with Gasteiger partial charge >= 0.3 is 12.3 Å². The standard InChI is InChI=1S/C28H33Cl2F3N8O3/c1-14(2)44-27(43)40-9-3-4-17(13-40)36-25-35-12-21-24(39-25)41(18-7-5-15(6-8-18)23(34)42)26(37-21)38-22-19(29)10-16(11-20(22)30)28(31,32)33/h10-12,14-15,17-18H,3-9,13H2,1-2H3,(H2,34,42)(H,37,38)(H,35,36,39)/t15?,17-,18?/m1/s1. The van der Waals surface area contributed by atoms with E-state index < -0.39 is 11.7 Å². The number of ether oxygens (including phenoxy) is 1. The quantitative estimate of drug-likeness (QED) is 0.261. The molecule has 2 fully saturated rings. The summed E-state index contributed by atoms with van der Waals surface area (Å²) in [6, 6.07) is 1.31. The number of nitrogens with one attached hydrogen (secondary N) is 2. The van der Waals surface area contributed by atoms with Gasteiger partial charge in [0, 0.05) is 31.1 Å². The minimum Gasteiger partial charge on any atom is -0.447 e. The Labute approximate surface area is 261 Å². The summed E-state index contributed by atoms with van der Waals surface area (Å²) in [5, 5.41) is 5.88. The molecule has 0 spiro atoms. The first kappa shape index (κ1) is 31.9. The fraction of sp³-hybridized carbons (Fsp3) is 0.536. The van der Waals surface area contributed by atoms with Gasteiger partial charge in [-0.2, -0.15) is 18.2 Å². The number of fused-ring (bicyclic) bond motifs is 1. The van der Waals surface area contributed by atoms with Crippen molar-refractivity contribution in [1.29, 1.82) is 0 Å². The van der Waals surface area contributed by atoms with Crippen molar-refractivity contribution in [1.82, 2.24) is 24.4 Å². The number of alkyl halides is 3. The molecule has 1 saturated carbocycles. The number of carbonyl (C=O) groups excluding carboxylic acids is 2. The van der Waals surface area contributed by atoms with Gasteiger partial charge in [0.2, 0.25) is 17.8 Å². The van der Waals surface area contributed by atoms with Gasteiger partial charge in [-0.1, -0.05) is 23.2 Å². The van der Waals surface area contributed by atoms with Crippen LogP contribution in [0.15, 0.2) is 18.3 Å². The Hall–Kier alpha value is -3.52. The second-order valence-corrected chi connectivity index (χ2v) is 12.2. The topological polar surface area (TPSA) is 140 Å². The molecule has 0 unspecified atom stereocenters. The molecule has 238 valence electrons. The Morgan fingerprint density at radius 2 is 1.77 bits per heavy atom. The number of hydrogen-bond acceptors (Lipinski definition) is 8. The summed E-state index contributed by atoms with van der Waals surface area (Å²) in [7, 11) is 0. The van der Waals surface area contributed by atoms with E-state index in [0.29, 0.717) is 55.9 Å². The number of likely N-dealkylation sites (tertiary alicyclic amines) is 1. The zero-order chi connectivity index (χ0) is 31.8. The van der Waals surface area contributed by atoms with Crippen LogP contribution in [0.2, 0.25) is 10.0 Å². The van der Waals surface area contributed by atoms with Crippen LogP contribution in [0.3, 0.4) is 0 Å². The molecule has 16 heteroatoms. The van der Waals surface area contributed by atoms with Crippen LogP contribution in [0.5, 0.6) is 0 Å². The number of rotatable bonds is 7. The maximum atomic E-state index is 13.3. The van der Waals surface area contributed by atoms with E-state index in [2.05, 4.69) is 20.6 Å². The summed E-state index contributed by atoms with van der Waals surface area (Å²) in [6.45, 7) is 4.61. The van der Waals surface area contributed by atoms with Gasteiger partial charge in [0.05, 0.1) is 33.6 Å². The summed E-state index contributed by atoms with van der Waals surface area (Å²) < 4.78 is 47.2. The van der Waals surface area contributed by atoms with Crippen LogP contribution in [0.1, 0.15) is 64.0 Å². The van der Waals surface area contributed by atoms with Gasteiger partial charge < -0.3 is 26.0 Å². The summed E-state index contributed by atoms with van der Waals surface area (Å²) in [4.78, 5) is 39.8. The van der Waals surface area contributed by atoms with E-state index in [4.69, 9.17) is 38.7 Å². The van der Waals surface area contributed by atoms with Crippen molar-refractivity contribution in [3.05, 3.63) is 33.9 Å². The second-order valence-electron chi connectivity index (χ2n) is 11.4. The molecule has 1 saturated heterocycles. The molecule has 0 bridgehead atoms. The van der Waals surface area contributed by atoms with Gasteiger partial charge in [0.25, 0.3) is 0 Å². The molecule has 3 aromatic rings. The van der Waals surface area contributed by atoms with Gasteiger partial charge in [-0.15, -0.1) is 0 Å². The smallest absolute Gasteiger partial charge is 0.416 e. The number of carbonyl (C=O) groups is 2. The number of primary amides is 1. The Kier molecular flexibility index (Phi) is 9.30. The molecule has 2 aromatic heterocycles. The number of nitrogens with zero attached hydrogens (tertiary/aromatic N) is 5. The predicted molar refractivity (Wildman–Crippen MR) is 160 cm³/mol. The molecule has 3 heterocycles. The molecule has 44 heavy (non-hydrogen) atoms.